The fraction of sp³-hybridized carbons (Fsp3) is 0.455. The van der Waals surface area contributed by atoms with Crippen molar-refractivity contribution in [1.29, 1.82) is 0 Å². The third-order valence-corrected chi connectivity index (χ3v) is 2.66. The van der Waals surface area contributed by atoms with Crippen molar-refractivity contribution in [3.8, 4) is 0 Å². The molecule has 0 aliphatic rings. The molecule has 0 aliphatic carbocycles. The second kappa shape index (κ2) is 7.12. The number of urea groups is 1. The molecule has 9 nitrogen and oxygen atoms in total. The van der Waals surface area contributed by atoms with Gasteiger partial charge in [0.25, 0.3) is 0 Å². The first-order valence-corrected chi connectivity index (χ1v) is 5.94. The van der Waals surface area contributed by atoms with E-state index >= 15 is 0 Å². The van der Waals surface area contributed by atoms with Gasteiger partial charge in [-0.3, -0.25) is 9.89 Å². The first-order valence-electron chi connectivity index (χ1n) is 5.94. The SMILES string of the molecule is Cc1[nH]ncc1CNC(=O)N[C@H](CCC(N)=O)C(=O)O. The number of amides is 3. The van der Waals surface area contributed by atoms with Crippen LogP contribution in [-0.4, -0.2) is 39.3 Å². The molecule has 1 aromatic rings. The maximum absolute atomic E-state index is 11.6. The summed E-state index contributed by atoms with van der Waals surface area (Å²) in [4.78, 5) is 33.1. The lowest BCUT2D eigenvalue weighted by atomic mass is 10.1. The highest BCUT2D eigenvalue weighted by molar-refractivity contribution is 5.83. The van der Waals surface area contributed by atoms with Gasteiger partial charge in [-0.2, -0.15) is 5.10 Å². The van der Waals surface area contributed by atoms with E-state index in [-0.39, 0.29) is 19.4 Å². The van der Waals surface area contributed by atoms with Gasteiger partial charge in [0.15, 0.2) is 0 Å². The second-order valence-corrected chi connectivity index (χ2v) is 4.24. The number of carbonyl (C=O) groups excluding carboxylic acids is 2. The van der Waals surface area contributed by atoms with Crippen molar-refractivity contribution in [2.24, 2.45) is 5.73 Å². The fourth-order valence-corrected chi connectivity index (χ4v) is 1.48. The van der Waals surface area contributed by atoms with Crippen LogP contribution in [0.25, 0.3) is 0 Å². The number of aliphatic carboxylic acids is 1. The molecule has 0 aromatic carbocycles. The molecule has 3 amide bonds. The van der Waals surface area contributed by atoms with Crippen molar-refractivity contribution in [1.82, 2.24) is 20.8 Å². The summed E-state index contributed by atoms with van der Waals surface area (Å²) in [7, 11) is 0. The van der Waals surface area contributed by atoms with E-state index in [1.54, 1.807) is 13.1 Å². The van der Waals surface area contributed by atoms with Crippen LogP contribution >= 0.6 is 0 Å². The standard InChI is InChI=1S/C11H17N5O4/c1-6-7(5-14-16-6)4-13-11(20)15-8(10(18)19)2-3-9(12)17/h5,8H,2-4H2,1H3,(H2,12,17)(H,14,16)(H,18,19)(H2,13,15,20)/t8-/m1/s1. The van der Waals surface area contributed by atoms with Gasteiger partial charge in [0.1, 0.15) is 6.04 Å². The molecule has 6 N–H and O–H groups in total. The van der Waals surface area contributed by atoms with E-state index in [2.05, 4.69) is 20.8 Å². The van der Waals surface area contributed by atoms with Crippen molar-refractivity contribution in [2.75, 3.05) is 0 Å². The number of nitrogens with two attached hydrogens (primary N) is 1. The van der Waals surface area contributed by atoms with Crippen LogP contribution < -0.4 is 16.4 Å². The number of carbonyl (C=O) groups is 3. The number of hydrogen-bond acceptors (Lipinski definition) is 4. The number of aryl methyl sites for hydroxylation is 1. The molecule has 0 bridgehead atoms. The van der Waals surface area contributed by atoms with Crippen molar-refractivity contribution in [3.05, 3.63) is 17.5 Å². The number of H-pyrrole nitrogens is 1. The predicted octanol–water partition coefficient (Wildman–Crippen LogP) is -0.764. The minimum atomic E-state index is -1.22. The first kappa shape index (κ1) is 15.5. The monoisotopic (exact) mass is 283 g/mol. The maximum atomic E-state index is 11.6. The van der Waals surface area contributed by atoms with Crippen LogP contribution in [0.1, 0.15) is 24.1 Å². The lowest BCUT2D eigenvalue weighted by Gasteiger charge is -2.14. The molecule has 1 aromatic heterocycles. The third kappa shape index (κ3) is 4.96. The summed E-state index contributed by atoms with van der Waals surface area (Å²) in [5.74, 6) is -1.84. The van der Waals surface area contributed by atoms with Crippen molar-refractivity contribution < 1.29 is 19.5 Å². The summed E-state index contributed by atoms with van der Waals surface area (Å²) >= 11 is 0. The molecule has 20 heavy (non-hydrogen) atoms. The van der Waals surface area contributed by atoms with Crippen molar-refractivity contribution >= 4 is 17.9 Å². The van der Waals surface area contributed by atoms with E-state index in [0.717, 1.165) is 11.3 Å². The average molecular weight is 283 g/mol. The molecule has 0 fully saturated rings. The molecular weight excluding hydrogens is 266 g/mol. The van der Waals surface area contributed by atoms with Gasteiger partial charge in [-0.25, -0.2) is 9.59 Å². The van der Waals surface area contributed by atoms with Crippen molar-refractivity contribution in [3.63, 3.8) is 0 Å². The number of aromatic nitrogens is 2. The predicted molar refractivity (Wildman–Crippen MR) is 68.5 cm³/mol. The molecular formula is C11H17N5O4. The zero-order chi connectivity index (χ0) is 15.1. The van der Waals surface area contributed by atoms with Crippen LogP contribution in [0, 0.1) is 6.92 Å². The van der Waals surface area contributed by atoms with Gasteiger partial charge >= 0.3 is 12.0 Å². The van der Waals surface area contributed by atoms with E-state index in [1.807, 2.05) is 0 Å². The normalized spacial score (nSPS) is 11.7. The molecule has 0 saturated carbocycles. The number of carboxylic acid groups (broad SMARTS) is 1. The fourth-order valence-electron chi connectivity index (χ4n) is 1.48. The summed E-state index contributed by atoms with van der Waals surface area (Å²) in [5, 5.41) is 20.2. The van der Waals surface area contributed by atoms with Gasteiger partial charge in [0, 0.05) is 24.2 Å². The Balaban J connectivity index is 2.43. The number of hydrogen-bond donors (Lipinski definition) is 5. The molecule has 0 radical (unpaired) electrons. The van der Waals surface area contributed by atoms with E-state index in [0.29, 0.717) is 0 Å². The molecule has 0 spiro atoms. The molecule has 9 heteroatoms. The second-order valence-electron chi connectivity index (χ2n) is 4.24. The van der Waals surface area contributed by atoms with Crippen LogP contribution in [0.15, 0.2) is 6.20 Å². The topological polar surface area (TPSA) is 150 Å². The minimum absolute atomic E-state index is 0.0528. The average Bonchev–Trinajstić information content (AvgIpc) is 2.77. The summed E-state index contributed by atoms with van der Waals surface area (Å²) in [6.45, 7) is 2.02. The number of rotatable bonds is 7. The summed E-state index contributed by atoms with van der Waals surface area (Å²) in [6, 6.07) is -1.80. The Morgan fingerprint density at radius 2 is 2.20 bits per heavy atom. The van der Waals surface area contributed by atoms with Gasteiger partial charge < -0.3 is 21.5 Å². The number of nitrogens with one attached hydrogen (secondary N) is 3. The van der Waals surface area contributed by atoms with Crippen molar-refractivity contribution in [2.45, 2.75) is 32.4 Å². The molecule has 1 atom stereocenters. The number of carboxylic acids is 1. The minimum Gasteiger partial charge on any atom is -0.480 e. The Morgan fingerprint density at radius 1 is 1.50 bits per heavy atom. The van der Waals surface area contributed by atoms with E-state index in [1.165, 1.54) is 0 Å². The number of nitrogens with zero attached hydrogens (tertiary/aromatic N) is 1. The molecule has 0 unspecified atom stereocenters. The molecule has 0 saturated heterocycles. The van der Waals surface area contributed by atoms with E-state index in [4.69, 9.17) is 10.8 Å². The highest BCUT2D eigenvalue weighted by atomic mass is 16.4. The van der Waals surface area contributed by atoms with E-state index < -0.39 is 23.9 Å². The third-order valence-electron chi connectivity index (χ3n) is 2.66. The smallest absolute Gasteiger partial charge is 0.326 e. The van der Waals surface area contributed by atoms with Crippen LogP contribution in [0.2, 0.25) is 0 Å². The lowest BCUT2D eigenvalue weighted by Crippen LogP contribution is -2.46. The van der Waals surface area contributed by atoms with Gasteiger partial charge in [-0.15, -0.1) is 0 Å². The molecule has 110 valence electrons. The molecule has 1 heterocycles. The summed E-state index contributed by atoms with van der Waals surface area (Å²) in [6.07, 6.45) is 1.40. The van der Waals surface area contributed by atoms with Gasteiger partial charge in [-0.1, -0.05) is 0 Å². The lowest BCUT2D eigenvalue weighted by molar-refractivity contribution is -0.139. The van der Waals surface area contributed by atoms with Gasteiger partial charge in [-0.05, 0) is 13.3 Å². The summed E-state index contributed by atoms with van der Waals surface area (Å²) < 4.78 is 0. The summed E-state index contributed by atoms with van der Waals surface area (Å²) in [5.41, 5.74) is 6.55. The molecule has 0 aliphatic heterocycles. The largest absolute Gasteiger partial charge is 0.480 e. The van der Waals surface area contributed by atoms with Crippen LogP contribution in [0.4, 0.5) is 4.79 Å². The molecule has 1 rings (SSSR count). The van der Waals surface area contributed by atoms with Gasteiger partial charge in [0.2, 0.25) is 5.91 Å². The Hall–Kier alpha value is -2.58. The number of aromatic amines is 1. The Morgan fingerprint density at radius 3 is 2.70 bits per heavy atom. The first-order chi connectivity index (χ1) is 9.40. The quantitative estimate of drug-likeness (QED) is 0.445. The Labute approximate surface area is 114 Å². The Bertz CT molecular complexity index is 499. The maximum Gasteiger partial charge on any atom is 0.326 e. The Kier molecular flexibility index (Phi) is 5.51. The van der Waals surface area contributed by atoms with E-state index in [9.17, 15) is 14.4 Å². The van der Waals surface area contributed by atoms with Gasteiger partial charge in [0.05, 0.1) is 6.20 Å². The highest BCUT2D eigenvalue weighted by Crippen LogP contribution is 2.01. The van der Waals surface area contributed by atoms with Crippen LogP contribution in [0.5, 0.6) is 0 Å². The zero-order valence-corrected chi connectivity index (χ0v) is 11.0. The van der Waals surface area contributed by atoms with Crippen LogP contribution in [-0.2, 0) is 16.1 Å². The van der Waals surface area contributed by atoms with Crippen LogP contribution in [0.3, 0.4) is 0 Å². The zero-order valence-electron chi connectivity index (χ0n) is 11.0. The highest BCUT2D eigenvalue weighted by Gasteiger charge is 2.20. The number of primary amides is 1.